The highest BCUT2D eigenvalue weighted by Gasteiger charge is 2.05. The quantitative estimate of drug-likeness (QED) is 0.690. The van der Waals surface area contributed by atoms with Crippen LogP contribution in [0, 0.1) is 11.8 Å². The Bertz CT molecular complexity index is 475. The zero-order valence-electron chi connectivity index (χ0n) is 11.1. The summed E-state index contributed by atoms with van der Waals surface area (Å²) in [6, 6.07) is 7.45. The molecule has 0 aliphatic heterocycles. The van der Waals surface area contributed by atoms with Crippen molar-refractivity contribution in [2.24, 2.45) is 5.73 Å². The number of aliphatic hydroxyl groups is 1. The predicted molar refractivity (Wildman–Crippen MR) is 75.3 cm³/mol. The largest absolute Gasteiger partial charge is 0.388 e. The molecule has 0 spiro atoms. The van der Waals surface area contributed by atoms with E-state index < -0.39 is 6.10 Å². The molecule has 0 bridgehead atoms. The first-order valence-electron chi connectivity index (χ1n) is 6.35. The highest BCUT2D eigenvalue weighted by molar-refractivity contribution is 5.75. The second-order valence-electron chi connectivity index (χ2n) is 4.19. The maximum atomic E-state index is 11.0. The first kappa shape index (κ1) is 15.2. The third-order valence-corrected chi connectivity index (χ3v) is 2.70. The standard InChI is InChI=1S/C15H20N2O2/c1-17-15(19)8-3-2-5-12-6-4-7-13(11-12)14(18)9-10-16/h4,6-7,11,14,18H,3,8-10,16H2,1H3,(H,17,19). The fraction of sp³-hybridized carbons (Fsp3) is 0.400. The lowest BCUT2D eigenvalue weighted by atomic mass is 10.0. The smallest absolute Gasteiger partial charge is 0.220 e. The van der Waals surface area contributed by atoms with Gasteiger partial charge in [-0.3, -0.25) is 4.79 Å². The van der Waals surface area contributed by atoms with Crippen molar-refractivity contribution in [3.05, 3.63) is 35.4 Å². The fourth-order valence-corrected chi connectivity index (χ4v) is 1.61. The summed E-state index contributed by atoms with van der Waals surface area (Å²) in [5, 5.41) is 12.4. The molecular weight excluding hydrogens is 240 g/mol. The van der Waals surface area contributed by atoms with Gasteiger partial charge >= 0.3 is 0 Å². The van der Waals surface area contributed by atoms with Gasteiger partial charge in [-0.2, -0.15) is 0 Å². The minimum absolute atomic E-state index is 0.0126. The van der Waals surface area contributed by atoms with E-state index in [1.807, 2.05) is 24.3 Å². The Labute approximate surface area is 114 Å². The van der Waals surface area contributed by atoms with Gasteiger partial charge in [0, 0.05) is 25.5 Å². The van der Waals surface area contributed by atoms with Crippen LogP contribution in [0.3, 0.4) is 0 Å². The van der Waals surface area contributed by atoms with Crippen molar-refractivity contribution < 1.29 is 9.90 Å². The number of hydrogen-bond acceptors (Lipinski definition) is 3. The van der Waals surface area contributed by atoms with Crippen LogP contribution in [0.4, 0.5) is 0 Å². The SMILES string of the molecule is CNC(=O)CCC#Cc1cccc(C(O)CCN)c1. The number of hydrogen-bond donors (Lipinski definition) is 3. The number of benzene rings is 1. The molecule has 4 heteroatoms. The molecular formula is C15H20N2O2. The Hall–Kier alpha value is -1.83. The van der Waals surface area contributed by atoms with Gasteiger partial charge in [-0.25, -0.2) is 0 Å². The third kappa shape index (κ3) is 5.56. The molecule has 1 aromatic rings. The van der Waals surface area contributed by atoms with Crippen LogP contribution in [0.5, 0.6) is 0 Å². The first-order valence-corrected chi connectivity index (χ1v) is 6.35. The van der Waals surface area contributed by atoms with Gasteiger partial charge in [-0.1, -0.05) is 24.0 Å². The Morgan fingerprint density at radius 2 is 2.32 bits per heavy atom. The molecule has 1 amide bonds. The minimum Gasteiger partial charge on any atom is -0.388 e. The zero-order chi connectivity index (χ0) is 14.1. The Balaban J connectivity index is 2.62. The van der Waals surface area contributed by atoms with Gasteiger partial charge in [0.1, 0.15) is 0 Å². The first-order chi connectivity index (χ1) is 9.17. The van der Waals surface area contributed by atoms with Crippen LogP contribution in [0.2, 0.25) is 0 Å². The van der Waals surface area contributed by atoms with E-state index in [9.17, 15) is 9.90 Å². The van der Waals surface area contributed by atoms with Crippen LogP contribution in [0.15, 0.2) is 24.3 Å². The highest BCUT2D eigenvalue weighted by atomic mass is 16.3. The molecule has 4 nitrogen and oxygen atoms in total. The lowest BCUT2D eigenvalue weighted by Gasteiger charge is -2.09. The number of carbonyl (C=O) groups excluding carboxylic acids is 1. The molecule has 0 fully saturated rings. The van der Waals surface area contributed by atoms with Crippen molar-refractivity contribution >= 4 is 5.91 Å². The molecule has 0 saturated heterocycles. The summed E-state index contributed by atoms with van der Waals surface area (Å²) in [5.41, 5.74) is 7.08. The number of aliphatic hydroxyl groups excluding tert-OH is 1. The lowest BCUT2D eigenvalue weighted by Crippen LogP contribution is -2.16. The van der Waals surface area contributed by atoms with Crippen molar-refractivity contribution in [2.45, 2.75) is 25.4 Å². The normalized spacial score (nSPS) is 11.3. The van der Waals surface area contributed by atoms with Crippen molar-refractivity contribution in [3.8, 4) is 11.8 Å². The van der Waals surface area contributed by atoms with Gasteiger partial charge in [0.05, 0.1) is 6.10 Å². The van der Waals surface area contributed by atoms with Crippen LogP contribution in [0.1, 0.15) is 36.5 Å². The van der Waals surface area contributed by atoms with E-state index in [-0.39, 0.29) is 5.91 Å². The van der Waals surface area contributed by atoms with Crippen molar-refractivity contribution in [3.63, 3.8) is 0 Å². The van der Waals surface area contributed by atoms with Crippen LogP contribution in [-0.2, 0) is 4.79 Å². The molecule has 4 N–H and O–H groups in total. The molecule has 102 valence electrons. The molecule has 0 heterocycles. The molecule has 0 aliphatic rings. The molecule has 0 aromatic heterocycles. The van der Waals surface area contributed by atoms with Crippen LogP contribution in [0.25, 0.3) is 0 Å². The van der Waals surface area contributed by atoms with E-state index in [0.29, 0.717) is 25.8 Å². The topological polar surface area (TPSA) is 75.3 Å². The third-order valence-electron chi connectivity index (χ3n) is 2.70. The molecule has 0 radical (unpaired) electrons. The summed E-state index contributed by atoms with van der Waals surface area (Å²) in [5.74, 6) is 5.92. The van der Waals surface area contributed by atoms with Gasteiger partial charge in [0.25, 0.3) is 0 Å². The molecule has 19 heavy (non-hydrogen) atoms. The van der Waals surface area contributed by atoms with E-state index in [1.165, 1.54) is 0 Å². The fourth-order valence-electron chi connectivity index (χ4n) is 1.61. The average molecular weight is 260 g/mol. The van der Waals surface area contributed by atoms with E-state index in [2.05, 4.69) is 17.2 Å². The monoisotopic (exact) mass is 260 g/mol. The Morgan fingerprint density at radius 1 is 1.53 bits per heavy atom. The Morgan fingerprint density at radius 3 is 3.00 bits per heavy atom. The van der Waals surface area contributed by atoms with Crippen molar-refractivity contribution in [2.75, 3.05) is 13.6 Å². The molecule has 0 aliphatic carbocycles. The van der Waals surface area contributed by atoms with Crippen molar-refractivity contribution in [1.82, 2.24) is 5.32 Å². The molecule has 1 unspecified atom stereocenters. The number of nitrogens with two attached hydrogens (primary N) is 1. The number of nitrogens with one attached hydrogen (secondary N) is 1. The average Bonchev–Trinajstić information content (AvgIpc) is 2.44. The van der Waals surface area contributed by atoms with Gasteiger partial charge in [0.2, 0.25) is 5.91 Å². The van der Waals surface area contributed by atoms with Crippen LogP contribution < -0.4 is 11.1 Å². The lowest BCUT2D eigenvalue weighted by molar-refractivity contribution is -0.120. The molecule has 1 rings (SSSR count). The zero-order valence-corrected chi connectivity index (χ0v) is 11.1. The number of amides is 1. The van der Waals surface area contributed by atoms with E-state index in [1.54, 1.807) is 7.05 Å². The maximum absolute atomic E-state index is 11.0. The van der Waals surface area contributed by atoms with E-state index in [0.717, 1.165) is 11.1 Å². The van der Waals surface area contributed by atoms with Crippen molar-refractivity contribution in [1.29, 1.82) is 0 Å². The molecule has 0 saturated carbocycles. The summed E-state index contributed by atoms with van der Waals surface area (Å²) >= 11 is 0. The highest BCUT2D eigenvalue weighted by Crippen LogP contribution is 2.16. The summed E-state index contributed by atoms with van der Waals surface area (Å²) in [7, 11) is 1.61. The van der Waals surface area contributed by atoms with E-state index >= 15 is 0 Å². The summed E-state index contributed by atoms with van der Waals surface area (Å²) in [6.07, 6.45) is 0.916. The number of carbonyl (C=O) groups is 1. The van der Waals surface area contributed by atoms with E-state index in [4.69, 9.17) is 5.73 Å². The molecule has 1 atom stereocenters. The minimum atomic E-state index is -0.544. The van der Waals surface area contributed by atoms with Gasteiger partial charge in [0.15, 0.2) is 0 Å². The maximum Gasteiger partial charge on any atom is 0.220 e. The van der Waals surface area contributed by atoms with Gasteiger partial charge < -0.3 is 16.2 Å². The van der Waals surface area contributed by atoms with Gasteiger partial charge in [-0.05, 0) is 30.7 Å². The number of rotatable bonds is 5. The summed E-state index contributed by atoms with van der Waals surface area (Å²) in [6.45, 7) is 0.448. The summed E-state index contributed by atoms with van der Waals surface area (Å²) in [4.78, 5) is 11.0. The van der Waals surface area contributed by atoms with Crippen LogP contribution >= 0.6 is 0 Å². The molecule has 1 aromatic carbocycles. The second kappa shape index (κ2) is 8.30. The Kier molecular flexibility index (Phi) is 6.65. The predicted octanol–water partition coefficient (Wildman–Crippen LogP) is 0.947. The van der Waals surface area contributed by atoms with Gasteiger partial charge in [-0.15, -0.1) is 0 Å². The summed E-state index contributed by atoms with van der Waals surface area (Å²) < 4.78 is 0. The van der Waals surface area contributed by atoms with Crippen LogP contribution in [-0.4, -0.2) is 24.6 Å². The second-order valence-corrected chi connectivity index (χ2v) is 4.19.